The SMILES string of the molecule is CCC1(CC)c2ccccc2-c2ccc(-c3ccc4c(c3)C(C)(C)C3C=C(Br)C=CC43)cc21. The third kappa shape index (κ3) is 2.81. The van der Waals surface area contributed by atoms with Gasteiger partial charge in [-0.25, -0.2) is 0 Å². The van der Waals surface area contributed by atoms with Gasteiger partial charge in [0.2, 0.25) is 0 Å². The van der Waals surface area contributed by atoms with Crippen molar-refractivity contribution in [2.24, 2.45) is 5.92 Å². The van der Waals surface area contributed by atoms with Gasteiger partial charge in [0.15, 0.2) is 0 Å². The second kappa shape index (κ2) is 7.31. The van der Waals surface area contributed by atoms with Crippen LogP contribution >= 0.6 is 15.9 Å². The topological polar surface area (TPSA) is 0 Å². The molecule has 0 heterocycles. The van der Waals surface area contributed by atoms with Crippen LogP contribution in [0.4, 0.5) is 0 Å². The number of allylic oxidation sites excluding steroid dienone is 4. The van der Waals surface area contributed by atoms with Gasteiger partial charge < -0.3 is 0 Å². The lowest BCUT2D eigenvalue weighted by molar-refractivity contribution is 0.394. The van der Waals surface area contributed by atoms with Crippen LogP contribution < -0.4 is 0 Å². The van der Waals surface area contributed by atoms with Crippen LogP contribution in [0.15, 0.2) is 83.4 Å². The van der Waals surface area contributed by atoms with E-state index in [0.29, 0.717) is 11.8 Å². The fraction of sp³-hybridized carbons (Fsp3) is 0.312. The second-order valence-corrected chi connectivity index (χ2v) is 11.5. The van der Waals surface area contributed by atoms with E-state index in [0.717, 1.165) is 12.8 Å². The minimum absolute atomic E-state index is 0.114. The highest BCUT2D eigenvalue weighted by Crippen LogP contribution is 2.56. The van der Waals surface area contributed by atoms with Crippen molar-refractivity contribution >= 4 is 15.9 Å². The van der Waals surface area contributed by atoms with Crippen molar-refractivity contribution in [3.05, 3.63) is 106 Å². The van der Waals surface area contributed by atoms with Gasteiger partial charge in [0, 0.05) is 15.8 Å². The van der Waals surface area contributed by atoms with Crippen LogP contribution in [0.2, 0.25) is 0 Å². The Morgan fingerprint density at radius 1 is 0.788 bits per heavy atom. The Kier molecular flexibility index (Phi) is 4.69. The summed E-state index contributed by atoms with van der Waals surface area (Å²) in [5, 5.41) is 0. The number of halogens is 1. The van der Waals surface area contributed by atoms with Gasteiger partial charge in [-0.1, -0.05) is 116 Å². The standard InChI is InChI=1S/C32H31Br/c1-5-32(6-2)27-10-8-7-9-23(27)26-15-12-21(18-30(26)32)20-11-14-24-25-16-13-22(33)19-29(25)31(3,4)28(24)17-20/h7-19,25,29H,5-6H2,1-4H3. The third-order valence-corrected chi connectivity index (χ3v) is 9.47. The summed E-state index contributed by atoms with van der Waals surface area (Å²) in [5.74, 6) is 0.983. The van der Waals surface area contributed by atoms with E-state index < -0.39 is 0 Å². The largest absolute Gasteiger partial charge is 0.0753 e. The van der Waals surface area contributed by atoms with Crippen molar-refractivity contribution in [3.63, 3.8) is 0 Å². The first-order valence-electron chi connectivity index (χ1n) is 12.4. The first-order chi connectivity index (χ1) is 15.9. The zero-order valence-electron chi connectivity index (χ0n) is 20.0. The molecular weight excluding hydrogens is 464 g/mol. The maximum atomic E-state index is 3.71. The molecule has 3 aromatic carbocycles. The van der Waals surface area contributed by atoms with Crippen LogP contribution in [0.3, 0.4) is 0 Å². The monoisotopic (exact) mass is 494 g/mol. The molecule has 6 rings (SSSR count). The summed E-state index contributed by atoms with van der Waals surface area (Å²) in [4.78, 5) is 0. The third-order valence-electron chi connectivity index (χ3n) is 8.94. The Labute approximate surface area is 206 Å². The molecule has 0 bridgehead atoms. The lowest BCUT2D eigenvalue weighted by atomic mass is 9.73. The molecule has 2 unspecified atom stereocenters. The average molecular weight is 496 g/mol. The molecule has 0 aliphatic heterocycles. The van der Waals surface area contributed by atoms with Crippen LogP contribution in [-0.2, 0) is 10.8 Å². The molecule has 166 valence electrons. The van der Waals surface area contributed by atoms with Gasteiger partial charge in [-0.05, 0) is 74.7 Å². The molecule has 0 radical (unpaired) electrons. The summed E-state index contributed by atoms with van der Waals surface area (Å²) in [6, 6.07) is 23.5. The zero-order chi connectivity index (χ0) is 23.0. The first-order valence-corrected chi connectivity index (χ1v) is 13.1. The van der Waals surface area contributed by atoms with E-state index in [1.54, 1.807) is 0 Å². The molecule has 3 aromatic rings. The maximum Gasteiger partial charge on any atom is 0.0210 e. The van der Waals surface area contributed by atoms with Gasteiger partial charge >= 0.3 is 0 Å². The lowest BCUT2D eigenvalue weighted by Crippen LogP contribution is -2.25. The minimum atomic E-state index is 0.114. The fourth-order valence-electron chi connectivity index (χ4n) is 7.01. The van der Waals surface area contributed by atoms with Crippen LogP contribution in [-0.4, -0.2) is 0 Å². The molecule has 0 saturated heterocycles. The number of benzene rings is 3. The molecular formula is C32H31Br. The van der Waals surface area contributed by atoms with E-state index in [9.17, 15) is 0 Å². The van der Waals surface area contributed by atoms with E-state index in [1.165, 1.54) is 49.0 Å². The first kappa shape index (κ1) is 21.2. The van der Waals surface area contributed by atoms with Crippen molar-refractivity contribution in [1.82, 2.24) is 0 Å². The van der Waals surface area contributed by atoms with E-state index in [1.807, 2.05) is 0 Å². The normalized spacial score (nSPS) is 22.9. The second-order valence-electron chi connectivity index (χ2n) is 10.6. The lowest BCUT2D eigenvalue weighted by Gasteiger charge is -2.30. The van der Waals surface area contributed by atoms with Gasteiger partial charge in [0.05, 0.1) is 0 Å². The van der Waals surface area contributed by atoms with Crippen LogP contribution in [0, 0.1) is 5.92 Å². The molecule has 1 heteroatoms. The van der Waals surface area contributed by atoms with Crippen LogP contribution in [0.5, 0.6) is 0 Å². The molecule has 0 saturated carbocycles. The molecule has 3 aliphatic carbocycles. The van der Waals surface area contributed by atoms with Gasteiger partial charge in [-0.3, -0.25) is 0 Å². The quantitative estimate of drug-likeness (QED) is 0.340. The van der Waals surface area contributed by atoms with Crippen LogP contribution in [0.1, 0.15) is 68.7 Å². The molecule has 0 nitrogen and oxygen atoms in total. The highest BCUT2D eigenvalue weighted by Gasteiger charge is 2.45. The van der Waals surface area contributed by atoms with Crippen LogP contribution in [0.25, 0.3) is 22.3 Å². The summed E-state index contributed by atoms with van der Waals surface area (Å²) in [6.07, 6.45) is 9.27. The van der Waals surface area contributed by atoms with Gasteiger partial charge in [-0.2, -0.15) is 0 Å². The van der Waals surface area contributed by atoms with E-state index in [2.05, 4.69) is 123 Å². The summed E-state index contributed by atoms with van der Waals surface area (Å²) >= 11 is 3.71. The predicted octanol–water partition coefficient (Wildman–Crippen LogP) is 9.28. The highest BCUT2D eigenvalue weighted by molar-refractivity contribution is 9.11. The summed E-state index contributed by atoms with van der Waals surface area (Å²) in [7, 11) is 0. The van der Waals surface area contributed by atoms with E-state index >= 15 is 0 Å². The number of rotatable bonds is 3. The summed E-state index contributed by atoms with van der Waals surface area (Å²) in [5.41, 5.74) is 11.8. The Bertz CT molecular complexity index is 1330. The Morgan fingerprint density at radius 2 is 1.45 bits per heavy atom. The molecule has 0 amide bonds. The summed E-state index contributed by atoms with van der Waals surface area (Å²) in [6.45, 7) is 9.52. The van der Waals surface area contributed by atoms with E-state index in [4.69, 9.17) is 0 Å². The molecule has 33 heavy (non-hydrogen) atoms. The molecule has 2 atom stereocenters. The maximum absolute atomic E-state index is 3.71. The molecule has 3 aliphatic rings. The van der Waals surface area contributed by atoms with Gasteiger partial charge in [0.25, 0.3) is 0 Å². The highest BCUT2D eigenvalue weighted by atomic mass is 79.9. The number of hydrogen-bond acceptors (Lipinski definition) is 0. The van der Waals surface area contributed by atoms with Crippen molar-refractivity contribution in [2.45, 2.75) is 57.3 Å². The molecule has 0 aromatic heterocycles. The molecule has 0 fully saturated rings. The van der Waals surface area contributed by atoms with Gasteiger partial charge in [-0.15, -0.1) is 0 Å². The van der Waals surface area contributed by atoms with Crippen molar-refractivity contribution in [1.29, 1.82) is 0 Å². The van der Waals surface area contributed by atoms with Crippen molar-refractivity contribution in [3.8, 4) is 22.3 Å². The minimum Gasteiger partial charge on any atom is -0.0753 e. The summed E-state index contributed by atoms with van der Waals surface area (Å²) < 4.78 is 1.21. The molecule has 0 spiro atoms. The Hall–Kier alpha value is -2.38. The van der Waals surface area contributed by atoms with Gasteiger partial charge in [0.1, 0.15) is 0 Å². The van der Waals surface area contributed by atoms with E-state index in [-0.39, 0.29) is 10.8 Å². The zero-order valence-corrected chi connectivity index (χ0v) is 21.5. The smallest absolute Gasteiger partial charge is 0.0210 e. The van der Waals surface area contributed by atoms with Crippen molar-refractivity contribution < 1.29 is 0 Å². The Balaban J connectivity index is 1.49. The van der Waals surface area contributed by atoms with Crippen molar-refractivity contribution in [2.75, 3.05) is 0 Å². The predicted molar refractivity (Wildman–Crippen MR) is 144 cm³/mol. The molecule has 0 N–H and O–H groups in total. The Morgan fingerprint density at radius 3 is 2.21 bits per heavy atom. The fourth-order valence-corrected chi connectivity index (χ4v) is 7.45. The average Bonchev–Trinajstić information content (AvgIpc) is 3.24. The number of fused-ring (bicyclic) bond motifs is 6. The number of hydrogen-bond donors (Lipinski definition) is 0.